The molecule has 19 heavy (non-hydrogen) atoms. The van der Waals surface area contributed by atoms with Crippen LogP contribution in [0.3, 0.4) is 0 Å². The average Bonchev–Trinajstić information content (AvgIpc) is 2.24. The van der Waals surface area contributed by atoms with Crippen molar-refractivity contribution in [2.75, 3.05) is 11.9 Å². The smallest absolute Gasteiger partial charge is 0.364 e. The Labute approximate surface area is 106 Å². The van der Waals surface area contributed by atoms with Crippen LogP contribution in [0.2, 0.25) is 5.28 Å². The van der Waals surface area contributed by atoms with Gasteiger partial charge in [0.15, 0.2) is 5.69 Å². The number of hydrogen-bond acceptors (Lipinski definition) is 3. The summed E-state index contributed by atoms with van der Waals surface area (Å²) in [6, 6.07) is 0.285. The van der Waals surface area contributed by atoms with E-state index in [0.717, 1.165) is 0 Å². The molecule has 0 spiro atoms. The van der Waals surface area contributed by atoms with Crippen LogP contribution >= 0.6 is 11.6 Å². The third-order valence-corrected chi connectivity index (χ3v) is 1.98. The van der Waals surface area contributed by atoms with Gasteiger partial charge in [-0.2, -0.15) is 22.0 Å². The van der Waals surface area contributed by atoms with E-state index in [2.05, 4.69) is 9.97 Å². The van der Waals surface area contributed by atoms with Gasteiger partial charge < -0.3 is 5.32 Å². The largest absolute Gasteiger partial charge is 0.433 e. The van der Waals surface area contributed by atoms with Crippen LogP contribution in [0.5, 0.6) is 0 Å². The minimum Gasteiger partial charge on any atom is -0.364 e. The summed E-state index contributed by atoms with van der Waals surface area (Å²) in [5.41, 5.74) is -1.48. The Morgan fingerprint density at radius 1 is 1.16 bits per heavy atom. The van der Waals surface area contributed by atoms with Gasteiger partial charge >= 0.3 is 18.5 Å². The maximum absolute atomic E-state index is 12.6. The van der Waals surface area contributed by atoms with E-state index in [-0.39, 0.29) is 6.07 Å². The number of halogens is 8. The molecular formula is C8H5ClF7N3. The Morgan fingerprint density at radius 2 is 1.74 bits per heavy atom. The summed E-state index contributed by atoms with van der Waals surface area (Å²) in [5.74, 6) is -5.14. The summed E-state index contributed by atoms with van der Waals surface area (Å²) in [6.07, 6.45) is -8.83. The van der Waals surface area contributed by atoms with Crippen molar-refractivity contribution in [3.63, 3.8) is 0 Å². The molecule has 0 bridgehead atoms. The van der Waals surface area contributed by atoms with Gasteiger partial charge in [0.2, 0.25) is 5.28 Å². The van der Waals surface area contributed by atoms with Gasteiger partial charge in [-0.1, -0.05) is 0 Å². The van der Waals surface area contributed by atoms with E-state index in [0.29, 0.717) is 0 Å². The zero-order valence-corrected chi connectivity index (χ0v) is 9.54. The summed E-state index contributed by atoms with van der Waals surface area (Å²) in [7, 11) is 0. The second kappa shape index (κ2) is 5.35. The molecular weight excluding hydrogens is 307 g/mol. The molecule has 0 aliphatic rings. The lowest BCUT2D eigenvalue weighted by Gasteiger charge is -2.16. The maximum Gasteiger partial charge on any atom is 0.433 e. The number of rotatable bonds is 4. The summed E-state index contributed by atoms with van der Waals surface area (Å²) >= 11 is 5.17. The molecule has 0 atom stereocenters. The number of alkyl halides is 7. The molecule has 1 aromatic heterocycles. The first kappa shape index (κ1) is 15.7. The van der Waals surface area contributed by atoms with Gasteiger partial charge in [0.05, 0.1) is 6.54 Å². The Morgan fingerprint density at radius 3 is 2.21 bits per heavy atom. The van der Waals surface area contributed by atoms with Crippen LogP contribution in [0, 0.1) is 0 Å². The van der Waals surface area contributed by atoms with E-state index in [4.69, 9.17) is 11.6 Å². The van der Waals surface area contributed by atoms with Gasteiger partial charge in [0.25, 0.3) is 0 Å². The Kier molecular flexibility index (Phi) is 4.43. The van der Waals surface area contributed by atoms with Crippen LogP contribution in [-0.4, -0.2) is 28.9 Å². The first-order valence-electron chi connectivity index (χ1n) is 4.54. The fourth-order valence-corrected chi connectivity index (χ4v) is 1.12. The van der Waals surface area contributed by atoms with E-state index in [9.17, 15) is 30.7 Å². The molecule has 0 fully saturated rings. The van der Waals surface area contributed by atoms with E-state index >= 15 is 0 Å². The molecule has 0 aromatic carbocycles. The number of aromatic nitrogens is 2. The van der Waals surface area contributed by atoms with Crippen LogP contribution in [-0.2, 0) is 6.18 Å². The molecule has 11 heteroatoms. The fourth-order valence-electron chi connectivity index (χ4n) is 0.939. The van der Waals surface area contributed by atoms with E-state index in [1.165, 1.54) is 0 Å². The Balaban J connectivity index is 2.88. The Hall–Kier alpha value is -1.32. The average molecular weight is 312 g/mol. The topological polar surface area (TPSA) is 37.8 Å². The molecule has 108 valence electrons. The molecule has 0 saturated heterocycles. The number of nitrogens with zero attached hydrogens (tertiary/aromatic N) is 2. The molecule has 1 rings (SSSR count). The lowest BCUT2D eigenvalue weighted by atomic mass is 10.3. The highest BCUT2D eigenvalue weighted by atomic mass is 35.5. The van der Waals surface area contributed by atoms with E-state index in [1.54, 1.807) is 5.32 Å². The first-order chi connectivity index (χ1) is 8.52. The molecule has 0 aliphatic heterocycles. The first-order valence-corrected chi connectivity index (χ1v) is 4.92. The highest BCUT2D eigenvalue weighted by Gasteiger charge is 2.40. The van der Waals surface area contributed by atoms with Crippen molar-refractivity contribution >= 4 is 17.4 Å². The number of hydrogen-bond donors (Lipinski definition) is 1. The molecule has 0 unspecified atom stereocenters. The van der Waals surface area contributed by atoms with Gasteiger partial charge in [0, 0.05) is 6.07 Å². The van der Waals surface area contributed by atoms with Gasteiger partial charge in [-0.25, -0.2) is 18.7 Å². The monoisotopic (exact) mass is 311 g/mol. The summed E-state index contributed by atoms with van der Waals surface area (Å²) in [5, 5.41) is 0.805. The van der Waals surface area contributed by atoms with Crippen LogP contribution < -0.4 is 5.32 Å². The third-order valence-electron chi connectivity index (χ3n) is 1.81. The lowest BCUT2D eigenvalue weighted by Crippen LogP contribution is -2.35. The van der Waals surface area contributed by atoms with Gasteiger partial charge in [-0.15, -0.1) is 0 Å². The van der Waals surface area contributed by atoms with Crippen molar-refractivity contribution in [1.82, 2.24) is 9.97 Å². The Bertz CT molecular complexity index is 448. The van der Waals surface area contributed by atoms with Crippen LogP contribution in [0.15, 0.2) is 6.07 Å². The molecule has 0 amide bonds. The molecule has 3 nitrogen and oxygen atoms in total. The van der Waals surface area contributed by atoms with Crippen molar-refractivity contribution < 1.29 is 30.7 Å². The van der Waals surface area contributed by atoms with Crippen molar-refractivity contribution in [3.05, 3.63) is 17.0 Å². The second-order valence-electron chi connectivity index (χ2n) is 3.32. The van der Waals surface area contributed by atoms with Crippen molar-refractivity contribution in [1.29, 1.82) is 0 Å². The van der Waals surface area contributed by atoms with Crippen LogP contribution in [0.25, 0.3) is 0 Å². The lowest BCUT2D eigenvalue weighted by molar-refractivity contribution is -0.141. The summed E-state index contributed by atoms with van der Waals surface area (Å²) in [4.78, 5) is 6.01. The maximum atomic E-state index is 12.6. The minimum absolute atomic E-state index is 0.285. The predicted molar refractivity (Wildman–Crippen MR) is 51.5 cm³/mol. The molecule has 1 heterocycles. The SMILES string of the molecule is FC(F)C(F)(F)CNc1cc(C(F)(F)F)nc(Cl)n1. The quantitative estimate of drug-likeness (QED) is 0.683. The normalized spacial score (nSPS) is 12.9. The highest BCUT2D eigenvalue weighted by Crippen LogP contribution is 2.30. The van der Waals surface area contributed by atoms with Gasteiger partial charge in [0.1, 0.15) is 5.82 Å². The van der Waals surface area contributed by atoms with Crippen LogP contribution in [0.4, 0.5) is 36.6 Å². The number of anilines is 1. The predicted octanol–water partition coefficient (Wildman–Crippen LogP) is 3.46. The van der Waals surface area contributed by atoms with E-state index < -0.39 is 41.9 Å². The number of nitrogens with one attached hydrogen (secondary N) is 1. The zero-order valence-electron chi connectivity index (χ0n) is 8.78. The fraction of sp³-hybridized carbons (Fsp3) is 0.500. The summed E-state index contributed by atoms with van der Waals surface area (Å²) in [6.45, 7) is -1.59. The van der Waals surface area contributed by atoms with Crippen molar-refractivity contribution in [3.8, 4) is 0 Å². The standard InChI is InChI=1S/C8H5ClF7N3/c9-6-18-3(8(14,15)16)1-4(19-6)17-2-7(12,13)5(10)11/h1,5H,2H2,(H,17,18,19). The summed E-state index contributed by atoms with van der Waals surface area (Å²) < 4.78 is 85.7. The zero-order chi connectivity index (χ0) is 14.8. The molecule has 0 radical (unpaired) electrons. The third kappa shape index (κ3) is 4.37. The van der Waals surface area contributed by atoms with Gasteiger partial charge in [-0.3, -0.25) is 0 Å². The molecule has 1 N–H and O–H groups in total. The molecule has 0 saturated carbocycles. The van der Waals surface area contributed by atoms with Crippen molar-refractivity contribution in [2.45, 2.75) is 18.5 Å². The van der Waals surface area contributed by atoms with Crippen molar-refractivity contribution in [2.24, 2.45) is 0 Å². The molecule has 0 aliphatic carbocycles. The van der Waals surface area contributed by atoms with Gasteiger partial charge in [-0.05, 0) is 11.6 Å². The van der Waals surface area contributed by atoms with Crippen LogP contribution in [0.1, 0.15) is 5.69 Å². The highest BCUT2D eigenvalue weighted by molar-refractivity contribution is 6.28. The molecule has 1 aromatic rings. The minimum atomic E-state index is -4.87. The second-order valence-corrected chi connectivity index (χ2v) is 3.66. The van der Waals surface area contributed by atoms with E-state index in [1.807, 2.05) is 0 Å².